The van der Waals surface area contributed by atoms with Crippen LogP contribution in [0.15, 0.2) is 67.3 Å². The lowest BCUT2D eigenvalue weighted by Gasteiger charge is -2.22. The van der Waals surface area contributed by atoms with E-state index in [1.54, 1.807) is 42.7 Å². The molecule has 30 heavy (non-hydrogen) atoms. The van der Waals surface area contributed by atoms with E-state index in [1.165, 1.54) is 12.1 Å². The maximum atomic E-state index is 14.3. The van der Waals surface area contributed by atoms with Crippen molar-refractivity contribution in [2.24, 2.45) is 0 Å². The fourth-order valence-corrected chi connectivity index (χ4v) is 3.30. The fraction of sp³-hybridized carbons (Fsp3) is 0.217. The van der Waals surface area contributed by atoms with Crippen LogP contribution in [0.3, 0.4) is 0 Å². The molecule has 1 heterocycles. The van der Waals surface area contributed by atoms with Crippen LogP contribution < -0.4 is 4.74 Å². The molecule has 7 heteroatoms. The molecule has 0 saturated heterocycles. The normalized spacial score (nSPS) is 11.0. The Morgan fingerprint density at radius 3 is 2.83 bits per heavy atom. The highest BCUT2D eigenvalue weighted by Crippen LogP contribution is 2.22. The van der Waals surface area contributed by atoms with Crippen LogP contribution in [-0.4, -0.2) is 34.0 Å². The minimum Gasteiger partial charge on any atom is -0.496 e. The second-order valence-electron chi connectivity index (χ2n) is 6.69. The van der Waals surface area contributed by atoms with Crippen LogP contribution in [0.5, 0.6) is 5.75 Å². The number of aromatic nitrogens is 2. The molecule has 0 aliphatic carbocycles. The van der Waals surface area contributed by atoms with Crippen LogP contribution >= 0.6 is 11.6 Å². The van der Waals surface area contributed by atoms with E-state index in [-0.39, 0.29) is 12.5 Å². The Kier molecular flexibility index (Phi) is 7.63. The number of aryl methyl sites for hydroxylation is 1. The SMILES string of the molecule is COc1ccccc1/C=C/C(=O)N(CCCn1ccnc1)Cc1c(F)cccc1Cl. The molecule has 0 aliphatic heterocycles. The van der Waals surface area contributed by atoms with Gasteiger partial charge in [0.2, 0.25) is 5.91 Å². The summed E-state index contributed by atoms with van der Waals surface area (Å²) >= 11 is 6.18. The van der Waals surface area contributed by atoms with Crippen LogP contribution in [0.4, 0.5) is 4.39 Å². The van der Waals surface area contributed by atoms with Crippen LogP contribution in [-0.2, 0) is 17.9 Å². The maximum Gasteiger partial charge on any atom is 0.246 e. The van der Waals surface area contributed by atoms with Crippen molar-refractivity contribution >= 4 is 23.6 Å². The third-order valence-electron chi connectivity index (χ3n) is 4.67. The molecule has 2 aromatic carbocycles. The molecule has 3 aromatic rings. The Labute approximate surface area is 180 Å². The number of para-hydroxylation sites is 1. The number of methoxy groups -OCH3 is 1. The average molecular weight is 428 g/mol. The summed E-state index contributed by atoms with van der Waals surface area (Å²) in [6.45, 7) is 1.23. The van der Waals surface area contributed by atoms with Gasteiger partial charge in [0.1, 0.15) is 11.6 Å². The highest BCUT2D eigenvalue weighted by Gasteiger charge is 2.16. The maximum absolute atomic E-state index is 14.3. The molecular weight excluding hydrogens is 405 g/mol. The molecule has 0 radical (unpaired) electrons. The van der Waals surface area contributed by atoms with Gasteiger partial charge in [-0.05, 0) is 30.7 Å². The first kappa shape index (κ1) is 21.6. The van der Waals surface area contributed by atoms with Gasteiger partial charge in [-0.1, -0.05) is 35.9 Å². The van der Waals surface area contributed by atoms with Gasteiger partial charge in [0.15, 0.2) is 0 Å². The number of hydrogen-bond donors (Lipinski definition) is 0. The van der Waals surface area contributed by atoms with E-state index >= 15 is 0 Å². The molecule has 1 aromatic heterocycles. The molecule has 3 rings (SSSR count). The number of carbonyl (C=O) groups is 1. The average Bonchev–Trinajstić information content (AvgIpc) is 3.27. The number of carbonyl (C=O) groups excluding carboxylic acids is 1. The van der Waals surface area contributed by atoms with Crippen molar-refractivity contribution in [1.29, 1.82) is 0 Å². The van der Waals surface area contributed by atoms with Crippen molar-refractivity contribution in [2.45, 2.75) is 19.5 Å². The van der Waals surface area contributed by atoms with Gasteiger partial charge in [0.25, 0.3) is 0 Å². The number of benzene rings is 2. The molecule has 0 saturated carbocycles. The lowest BCUT2D eigenvalue weighted by molar-refractivity contribution is -0.126. The smallest absolute Gasteiger partial charge is 0.246 e. The Hall–Kier alpha value is -3.12. The highest BCUT2D eigenvalue weighted by molar-refractivity contribution is 6.31. The summed E-state index contributed by atoms with van der Waals surface area (Å²) in [5.74, 6) is 0.0137. The zero-order chi connectivity index (χ0) is 21.3. The zero-order valence-electron chi connectivity index (χ0n) is 16.7. The van der Waals surface area contributed by atoms with Gasteiger partial charge in [-0.15, -0.1) is 0 Å². The third kappa shape index (κ3) is 5.70. The van der Waals surface area contributed by atoms with Gasteiger partial charge < -0.3 is 14.2 Å². The minimum absolute atomic E-state index is 0.0878. The Morgan fingerprint density at radius 2 is 2.10 bits per heavy atom. The number of hydrogen-bond acceptors (Lipinski definition) is 3. The first-order chi connectivity index (χ1) is 14.6. The molecule has 0 fully saturated rings. The number of rotatable bonds is 9. The molecule has 0 spiro atoms. The number of imidazole rings is 1. The largest absolute Gasteiger partial charge is 0.496 e. The predicted octanol–water partition coefficient (Wildman–Crippen LogP) is 4.82. The van der Waals surface area contributed by atoms with Gasteiger partial charge in [-0.2, -0.15) is 0 Å². The van der Waals surface area contributed by atoms with E-state index in [1.807, 2.05) is 35.0 Å². The number of amides is 1. The van der Waals surface area contributed by atoms with Gasteiger partial charge >= 0.3 is 0 Å². The van der Waals surface area contributed by atoms with E-state index in [2.05, 4.69) is 4.98 Å². The van der Waals surface area contributed by atoms with Crippen molar-refractivity contribution in [2.75, 3.05) is 13.7 Å². The van der Waals surface area contributed by atoms with E-state index in [9.17, 15) is 9.18 Å². The van der Waals surface area contributed by atoms with E-state index in [4.69, 9.17) is 16.3 Å². The van der Waals surface area contributed by atoms with Crippen LogP contribution in [0, 0.1) is 5.82 Å². The molecule has 0 atom stereocenters. The Bertz CT molecular complexity index is 985. The summed E-state index contributed by atoms with van der Waals surface area (Å²) in [5, 5.41) is 0.302. The second-order valence-corrected chi connectivity index (χ2v) is 7.10. The molecule has 156 valence electrons. The van der Waals surface area contributed by atoms with Gasteiger partial charge in [-0.25, -0.2) is 9.37 Å². The molecule has 0 N–H and O–H groups in total. The van der Waals surface area contributed by atoms with Gasteiger partial charge in [0.05, 0.1) is 20.0 Å². The number of nitrogens with zero attached hydrogens (tertiary/aromatic N) is 3. The summed E-state index contributed by atoms with van der Waals surface area (Å²) in [6, 6.07) is 11.9. The molecule has 0 bridgehead atoms. The lowest BCUT2D eigenvalue weighted by atomic mass is 10.1. The molecule has 5 nitrogen and oxygen atoms in total. The fourth-order valence-electron chi connectivity index (χ4n) is 3.08. The Morgan fingerprint density at radius 1 is 1.27 bits per heavy atom. The second kappa shape index (κ2) is 10.6. The van der Waals surface area contributed by atoms with Crippen molar-refractivity contribution < 1.29 is 13.9 Å². The van der Waals surface area contributed by atoms with E-state index in [0.717, 1.165) is 5.56 Å². The van der Waals surface area contributed by atoms with Crippen molar-refractivity contribution in [3.8, 4) is 5.75 Å². The van der Waals surface area contributed by atoms with Crippen LogP contribution in [0.2, 0.25) is 5.02 Å². The molecule has 1 amide bonds. The molecule has 0 unspecified atom stereocenters. The first-order valence-electron chi connectivity index (χ1n) is 9.57. The van der Waals surface area contributed by atoms with Crippen LogP contribution in [0.25, 0.3) is 6.08 Å². The summed E-state index contributed by atoms with van der Waals surface area (Å²) < 4.78 is 21.6. The summed E-state index contributed by atoms with van der Waals surface area (Å²) in [6.07, 6.45) is 9.16. The Balaban J connectivity index is 1.76. The van der Waals surface area contributed by atoms with Gasteiger partial charge in [0, 0.05) is 47.7 Å². The quantitative estimate of drug-likeness (QED) is 0.460. The number of ether oxygens (including phenoxy) is 1. The lowest BCUT2D eigenvalue weighted by Crippen LogP contribution is -2.31. The van der Waals surface area contributed by atoms with E-state index < -0.39 is 5.82 Å². The third-order valence-corrected chi connectivity index (χ3v) is 5.02. The standard InChI is InChI=1S/C23H23ClFN3O2/c1-30-22-9-3-2-6-18(22)10-11-23(29)28(14-5-13-27-15-12-26-17-27)16-19-20(24)7-4-8-21(19)25/h2-4,6-12,15,17H,5,13-14,16H2,1H3/b11-10+. The summed E-state index contributed by atoms with van der Waals surface area (Å²) in [7, 11) is 1.58. The van der Waals surface area contributed by atoms with Crippen molar-refractivity contribution in [1.82, 2.24) is 14.5 Å². The van der Waals surface area contributed by atoms with Gasteiger partial charge in [-0.3, -0.25) is 4.79 Å². The topological polar surface area (TPSA) is 47.4 Å². The van der Waals surface area contributed by atoms with Crippen molar-refractivity contribution in [3.63, 3.8) is 0 Å². The highest BCUT2D eigenvalue weighted by atomic mass is 35.5. The zero-order valence-corrected chi connectivity index (χ0v) is 17.4. The first-order valence-corrected chi connectivity index (χ1v) is 9.95. The minimum atomic E-state index is -0.427. The monoisotopic (exact) mass is 427 g/mol. The van der Waals surface area contributed by atoms with Crippen molar-refractivity contribution in [3.05, 3.63) is 89.2 Å². The number of halogens is 2. The predicted molar refractivity (Wildman–Crippen MR) is 116 cm³/mol. The van der Waals surface area contributed by atoms with E-state index in [0.29, 0.717) is 35.8 Å². The van der Waals surface area contributed by atoms with Crippen LogP contribution in [0.1, 0.15) is 17.5 Å². The molecule has 0 aliphatic rings. The summed E-state index contributed by atoms with van der Waals surface area (Å²) in [4.78, 5) is 18.6. The summed E-state index contributed by atoms with van der Waals surface area (Å²) in [5.41, 5.74) is 1.09. The molecular formula is C23H23ClFN3O2.